The fraction of sp³-hybridized carbons (Fsp3) is 0.400. The Balaban J connectivity index is 1.92. The Morgan fingerprint density at radius 2 is 2.29 bits per heavy atom. The first kappa shape index (κ1) is 13.6. The Hall–Kier alpha value is -2.37. The van der Waals surface area contributed by atoms with Gasteiger partial charge in [0.15, 0.2) is 5.65 Å². The van der Waals surface area contributed by atoms with Crippen LogP contribution in [0.25, 0.3) is 11.2 Å². The van der Waals surface area contributed by atoms with E-state index in [1.54, 1.807) is 12.3 Å². The monoisotopic (exact) mass is 285 g/mol. The summed E-state index contributed by atoms with van der Waals surface area (Å²) in [4.78, 5) is 23.0. The molecular weight excluding hydrogens is 266 g/mol. The van der Waals surface area contributed by atoms with Crippen molar-refractivity contribution < 1.29 is 4.79 Å². The van der Waals surface area contributed by atoms with Crippen LogP contribution in [0.2, 0.25) is 0 Å². The Labute approximate surface area is 123 Å². The molecule has 2 aromatic heterocycles. The second-order valence-electron chi connectivity index (χ2n) is 5.33. The number of hydrogen-bond acceptors (Lipinski definition) is 4. The predicted molar refractivity (Wildman–Crippen MR) is 81.9 cm³/mol. The van der Waals surface area contributed by atoms with Gasteiger partial charge in [0.1, 0.15) is 5.52 Å². The fourth-order valence-electron chi connectivity index (χ4n) is 2.59. The average molecular weight is 285 g/mol. The molecule has 6 heteroatoms. The summed E-state index contributed by atoms with van der Waals surface area (Å²) in [5.74, 6) is 0.430. The van der Waals surface area contributed by atoms with Crippen molar-refractivity contribution in [3.05, 3.63) is 29.5 Å². The van der Waals surface area contributed by atoms with Crippen molar-refractivity contribution in [1.82, 2.24) is 19.4 Å². The molecule has 6 nitrogen and oxygen atoms in total. The van der Waals surface area contributed by atoms with Gasteiger partial charge in [-0.15, -0.1) is 0 Å². The number of nitrogens with two attached hydrogens (primary N) is 1. The quantitative estimate of drug-likeness (QED) is 0.854. The van der Waals surface area contributed by atoms with E-state index in [1.165, 1.54) is 5.57 Å². The molecule has 0 unspecified atom stereocenters. The number of imidazole rings is 1. The maximum Gasteiger partial charge on any atom is 0.255 e. The molecule has 2 aromatic rings. The van der Waals surface area contributed by atoms with E-state index in [4.69, 9.17) is 5.73 Å². The maximum atomic E-state index is 12.5. The van der Waals surface area contributed by atoms with Crippen LogP contribution in [0.3, 0.4) is 0 Å². The van der Waals surface area contributed by atoms with Crippen LogP contribution in [-0.2, 0) is 6.54 Å². The number of carbonyl (C=O) groups is 1. The van der Waals surface area contributed by atoms with Crippen LogP contribution in [-0.4, -0.2) is 38.4 Å². The summed E-state index contributed by atoms with van der Waals surface area (Å²) in [5, 5.41) is 0. The summed E-state index contributed by atoms with van der Waals surface area (Å²) in [6.07, 6.45) is 4.64. The number of anilines is 1. The van der Waals surface area contributed by atoms with Crippen molar-refractivity contribution in [2.24, 2.45) is 0 Å². The van der Waals surface area contributed by atoms with Crippen molar-refractivity contribution in [3.63, 3.8) is 0 Å². The number of fused-ring (bicyclic) bond motifs is 1. The van der Waals surface area contributed by atoms with E-state index in [2.05, 4.69) is 23.0 Å². The van der Waals surface area contributed by atoms with Crippen molar-refractivity contribution in [2.75, 3.05) is 18.8 Å². The van der Waals surface area contributed by atoms with E-state index in [0.717, 1.165) is 18.6 Å². The van der Waals surface area contributed by atoms with E-state index in [9.17, 15) is 4.79 Å². The van der Waals surface area contributed by atoms with Crippen LogP contribution in [0.1, 0.15) is 30.6 Å². The lowest BCUT2D eigenvalue weighted by Gasteiger charge is -2.25. The molecule has 0 spiro atoms. The minimum atomic E-state index is -0.00206. The van der Waals surface area contributed by atoms with Crippen molar-refractivity contribution in [2.45, 2.75) is 26.8 Å². The van der Waals surface area contributed by atoms with Gasteiger partial charge in [-0.25, -0.2) is 9.97 Å². The van der Waals surface area contributed by atoms with Crippen LogP contribution in [0.4, 0.5) is 5.95 Å². The molecule has 0 aromatic carbocycles. The molecule has 0 bridgehead atoms. The van der Waals surface area contributed by atoms with Gasteiger partial charge in [0.05, 0.1) is 5.56 Å². The minimum absolute atomic E-state index is 0.00206. The van der Waals surface area contributed by atoms with Crippen LogP contribution < -0.4 is 5.73 Å². The lowest BCUT2D eigenvalue weighted by atomic mass is 10.1. The summed E-state index contributed by atoms with van der Waals surface area (Å²) in [6.45, 7) is 6.20. The summed E-state index contributed by atoms with van der Waals surface area (Å²) in [7, 11) is 0. The molecule has 2 N–H and O–H groups in total. The number of aryl methyl sites for hydroxylation is 1. The van der Waals surface area contributed by atoms with E-state index in [-0.39, 0.29) is 5.91 Å². The van der Waals surface area contributed by atoms with Gasteiger partial charge in [-0.2, -0.15) is 0 Å². The largest absolute Gasteiger partial charge is 0.369 e. The van der Waals surface area contributed by atoms with E-state index < -0.39 is 0 Å². The standard InChI is InChI=1S/C15H19N5O/c1-3-20-13-12(18-15(20)16)8-11(9-17-13)14(21)19-6-4-10(2)5-7-19/h4,8-9H,3,5-7H2,1-2H3,(H2,16,18). The Morgan fingerprint density at radius 3 is 2.95 bits per heavy atom. The second-order valence-corrected chi connectivity index (χ2v) is 5.33. The third kappa shape index (κ3) is 2.37. The summed E-state index contributed by atoms with van der Waals surface area (Å²) in [6, 6.07) is 1.78. The van der Waals surface area contributed by atoms with E-state index in [0.29, 0.717) is 30.1 Å². The van der Waals surface area contributed by atoms with E-state index in [1.807, 2.05) is 16.4 Å². The first-order chi connectivity index (χ1) is 10.1. The molecule has 110 valence electrons. The molecule has 21 heavy (non-hydrogen) atoms. The molecule has 0 fully saturated rings. The van der Waals surface area contributed by atoms with Gasteiger partial charge in [0.2, 0.25) is 5.95 Å². The van der Waals surface area contributed by atoms with Gasteiger partial charge in [0.25, 0.3) is 5.91 Å². The molecule has 1 aliphatic heterocycles. The van der Waals surface area contributed by atoms with Crippen LogP contribution in [0.15, 0.2) is 23.9 Å². The van der Waals surface area contributed by atoms with Crippen molar-refractivity contribution in [1.29, 1.82) is 0 Å². The Bertz CT molecular complexity index is 731. The molecule has 1 aliphatic rings. The SMILES string of the molecule is CCn1c(N)nc2cc(C(=O)N3CC=C(C)CC3)cnc21. The first-order valence-electron chi connectivity index (χ1n) is 7.16. The number of hydrogen-bond donors (Lipinski definition) is 1. The number of aromatic nitrogens is 3. The van der Waals surface area contributed by atoms with Gasteiger partial charge >= 0.3 is 0 Å². The summed E-state index contributed by atoms with van der Waals surface area (Å²) < 4.78 is 1.83. The number of pyridine rings is 1. The van der Waals surface area contributed by atoms with Crippen LogP contribution in [0.5, 0.6) is 0 Å². The van der Waals surface area contributed by atoms with Gasteiger partial charge in [-0.3, -0.25) is 9.36 Å². The van der Waals surface area contributed by atoms with Gasteiger partial charge in [-0.1, -0.05) is 11.6 Å². The van der Waals surface area contributed by atoms with Crippen molar-refractivity contribution in [3.8, 4) is 0 Å². The highest BCUT2D eigenvalue weighted by Gasteiger charge is 2.19. The Kier molecular flexibility index (Phi) is 3.37. The molecule has 1 amide bonds. The third-order valence-electron chi connectivity index (χ3n) is 3.90. The molecule has 0 saturated heterocycles. The van der Waals surface area contributed by atoms with Gasteiger partial charge in [-0.05, 0) is 26.3 Å². The number of nitrogens with zero attached hydrogens (tertiary/aromatic N) is 4. The number of nitrogen functional groups attached to an aromatic ring is 1. The van der Waals surface area contributed by atoms with E-state index >= 15 is 0 Å². The fourth-order valence-corrected chi connectivity index (χ4v) is 2.59. The highest BCUT2D eigenvalue weighted by Crippen LogP contribution is 2.19. The highest BCUT2D eigenvalue weighted by atomic mass is 16.2. The topological polar surface area (TPSA) is 77.0 Å². The van der Waals surface area contributed by atoms with Gasteiger partial charge in [0, 0.05) is 25.8 Å². The van der Waals surface area contributed by atoms with Crippen molar-refractivity contribution >= 4 is 23.0 Å². The molecule has 0 radical (unpaired) electrons. The van der Waals surface area contributed by atoms with Crippen LogP contribution in [0, 0.1) is 0 Å². The third-order valence-corrected chi connectivity index (χ3v) is 3.90. The second kappa shape index (κ2) is 5.20. The maximum absolute atomic E-state index is 12.5. The zero-order valence-corrected chi connectivity index (χ0v) is 12.3. The lowest BCUT2D eigenvalue weighted by molar-refractivity contribution is 0.0769. The predicted octanol–water partition coefficient (Wildman–Crippen LogP) is 1.83. The normalized spacial score (nSPS) is 15.3. The first-order valence-corrected chi connectivity index (χ1v) is 7.16. The molecule has 3 heterocycles. The zero-order chi connectivity index (χ0) is 15.0. The summed E-state index contributed by atoms with van der Waals surface area (Å²) in [5.41, 5.74) is 9.15. The molecule has 0 saturated carbocycles. The molecule has 0 aliphatic carbocycles. The number of carbonyl (C=O) groups excluding carboxylic acids is 1. The minimum Gasteiger partial charge on any atom is -0.369 e. The average Bonchev–Trinajstić information content (AvgIpc) is 2.81. The smallest absolute Gasteiger partial charge is 0.255 e. The molecule has 0 atom stereocenters. The Morgan fingerprint density at radius 1 is 1.48 bits per heavy atom. The number of amides is 1. The molecule has 3 rings (SSSR count). The van der Waals surface area contributed by atoms with Crippen LogP contribution >= 0.6 is 0 Å². The number of rotatable bonds is 2. The summed E-state index contributed by atoms with van der Waals surface area (Å²) >= 11 is 0. The van der Waals surface area contributed by atoms with Gasteiger partial charge < -0.3 is 10.6 Å². The highest BCUT2D eigenvalue weighted by molar-refractivity contribution is 5.96. The molecular formula is C15H19N5O. The lowest BCUT2D eigenvalue weighted by Crippen LogP contribution is -2.34. The zero-order valence-electron chi connectivity index (χ0n) is 12.3.